The number of rotatable bonds is 0. The predicted octanol–water partition coefficient (Wildman–Crippen LogP) is 3.62. The second kappa shape index (κ2) is 14.1. The van der Waals surface area contributed by atoms with E-state index < -0.39 is 0 Å². The van der Waals surface area contributed by atoms with E-state index in [0.29, 0.717) is 5.41 Å². The second-order valence-corrected chi connectivity index (χ2v) is 3.90. The molecule has 2 aliphatic rings. The van der Waals surface area contributed by atoms with Crippen molar-refractivity contribution in [2.24, 2.45) is 5.41 Å². The molecule has 0 unspecified atom stereocenters. The van der Waals surface area contributed by atoms with Crippen LogP contribution in [0.2, 0.25) is 0 Å². The summed E-state index contributed by atoms with van der Waals surface area (Å²) in [4.78, 5) is 0. The Labute approximate surface area is 125 Å². The molecule has 0 fully saturated rings. The molecule has 0 heterocycles. The molecule has 0 bridgehead atoms. The van der Waals surface area contributed by atoms with Crippen molar-refractivity contribution in [1.82, 2.24) is 0 Å². The predicted molar refractivity (Wildman–Crippen MR) is 78.3 cm³/mol. The van der Waals surface area contributed by atoms with Gasteiger partial charge in [-0.1, -0.05) is 25.7 Å². The molecule has 0 saturated heterocycles. The summed E-state index contributed by atoms with van der Waals surface area (Å²) in [6.45, 7) is 6.40. The molecular weight excluding hydrogens is 299 g/mol. The summed E-state index contributed by atoms with van der Waals surface area (Å²) < 4.78 is 0. The SMILES string of the molecule is CC1(C)C=C[C-]=CC1.[C-]1=CC=CC1.[CH3-].[CH3-].[SiH2]=[Zr]. The van der Waals surface area contributed by atoms with Crippen LogP contribution in [0.5, 0.6) is 0 Å². The zero-order valence-corrected chi connectivity index (χ0v) is 15.5. The minimum absolute atomic E-state index is 0. The van der Waals surface area contributed by atoms with Gasteiger partial charge in [0.15, 0.2) is 0 Å². The molecule has 0 spiro atoms. The summed E-state index contributed by atoms with van der Waals surface area (Å²) in [5.74, 6) is 0. The van der Waals surface area contributed by atoms with E-state index in [-0.39, 0.29) is 14.9 Å². The molecule has 2 heteroatoms. The molecule has 0 aliphatic heterocycles. The maximum absolute atomic E-state index is 3.03. The van der Waals surface area contributed by atoms with Gasteiger partial charge in [-0.3, -0.25) is 12.2 Å². The van der Waals surface area contributed by atoms with Gasteiger partial charge in [0.1, 0.15) is 0 Å². The molecule has 0 radical (unpaired) electrons. The Hall–Kier alpha value is 0.0600. The zero-order chi connectivity index (χ0) is 11.6. The minimum atomic E-state index is 0. The van der Waals surface area contributed by atoms with Crippen molar-refractivity contribution in [3.05, 3.63) is 63.5 Å². The van der Waals surface area contributed by atoms with Crippen LogP contribution in [0.1, 0.15) is 26.7 Å². The Morgan fingerprint density at radius 1 is 1.24 bits per heavy atom. The van der Waals surface area contributed by atoms with Crippen molar-refractivity contribution in [1.29, 1.82) is 0 Å². The Kier molecular flexibility index (Phi) is 18.5. The average molecular weight is 324 g/mol. The van der Waals surface area contributed by atoms with E-state index in [1.165, 1.54) is 0 Å². The third-order valence-electron chi connectivity index (χ3n) is 1.96. The molecule has 0 atom stereocenters. The van der Waals surface area contributed by atoms with Crippen LogP contribution < -0.4 is 0 Å². The number of hydrogen-bond acceptors (Lipinski definition) is 0. The first-order valence-electron chi connectivity index (χ1n) is 5.03. The van der Waals surface area contributed by atoms with Crippen molar-refractivity contribution in [3.63, 3.8) is 0 Å². The van der Waals surface area contributed by atoms with E-state index in [1.54, 1.807) is 23.3 Å². The third kappa shape index (κ3) is 14.0. The molecule has 0 aromatic heterocycles. The van der Waals surface area contributed by atoms with Crippen LogP contribution in [0.25, 0.3) is 0 Å². The van der Waals surface area contributed by atoms with Gasteiger partial charge < -0.3 is 14.9 Å². The number of allylic oxidation sites excluding steroid dienone is 8. The maximum atomic E-state index is 3.03. The fourth-order valence-electron chi connectivity index (χ4n) is 1.07. The molecule has 2 rings (SSSR count). The van der Waals surface area contributed by atoms with E-state index in [9.17, 15) is 0 Å². The van der Waals surface area contributed by atoms with Crippen LogP contribution in [0.4, 0.5) is 0 Å². The van der Waals surface area contributed by atoms with Crippen molar-refractivity contribution in [2.75, 3.05) is 0 Å². The van der Waals surface area contributed by atoms with E-state index in [0.717, 1.165) is 12.8 Å². The first kappa shape index (κ1) is 22.3. The molecule has 0 aromatic carbocycles. The van der Waals surface area contributed by atoms with Crippen molar-refractivity contribution < 1.29 is 23.3 Å². The summed E-state index contributed by atoms with van der Waals surface area (Å²) in [5.41, 5.74) is 0.380. The molecule has 17 heavy (non-hydrogen) atoms. The van der Waals surface area contributed by atoms with Gasteiger partial charge in [-0.05, 0) is 0 Å². The van der Waals surface area contributed by atoms with E-state index in [1.807, 2.05) is 25.1 Å². The quantitative estimate of drug-likeness (QED) is 0.472. The van der Waals surface area contributed by atoms with E-state index in [2.05, 4.69) is 44.2 Å². The molecule has 2 aliphatic carbocycles. The van der Waals surface area contributed by atoms with E-state index >= 15 is 0 Å². The summed E-state index contributed by atoms with van der Waals surface area (Å²) in [7, 11) is 0. The van der Waals surface area contributed by atoms with Crippen LogP contribution in [0, 0.1) is 32.4 Å². The first-order valence-corrected chi connectivity index (χ1v) is 11.0. The van der Waals surface area contributed by atoms with Gasteiger partial charge in [0.05, 0.1) is 0 Å². The monoisotopic (exact) mass is 322 g/mol. The van der Waals surface area contributed by atoms with Crippen LogP contribution >= 0.6 is 0 Å². The Morgan fingerprint density at radius 3 is 2.06 bits per heavy atom. The van der Waals surface area contributed by atoms with Gasteiger partial charge in [0.2, 0.25) is 0 Å². The summed E-state index contributed by atoms with van der Waals surface area (Å²) in [6.07, 6.45) is 20.4. The van der Waals surface area contributed by atoms with Crippen LogP contribution in [-0.4, -0.2) is 6.88 Å². The summed E-state index contributed by atoms with van der Waals surface area (Å²) in [6, 6.07) is 0. The second-order valence-electron chi connectivity index (χ2n) is 3.90. The summed E-state index contributed by atoms with van der Waals surface area (Å²) in [5, 5.41) is 0. The van der Waals surface area contributed by atoms with Gasteiger partial charge in [0.25, 0.3) is 0 Å². The molecular formula is C15H24SiZr-4. The fraction of sp³-hybridized carbons (Fsp3) is 0.333. The van der Waals surface area contributed by atoms with Crippen molar-refractivity contribution in [2.45, 2.75) is 26.7 Å². The zero-order valence-electron chi connectivity index (χ0n) is 11.6. The standard InChI is InChI=1S/C8H11.C5H5.2CH3.H2Si.Zr/c1-8(2)6-4-3-5-7-8;1-2-4-5-3-1;;;;/h4-6H,7H2,1-2H3;1-3H,4H2;2*1H3;1H2;/q4*-1;;. The molecule has 0 nitrogen and oxygen atoms in total. The van der Waals surface area contributed by atoms with Gasteiger partial charge in [0, 0.05) is 0 Å². The Bertz CT molecular complexity index is 263. The van der Waals surface area contributed by atoms with Crippen LogP contribution in [0.15, 0.2) is 36.5 Å². The average Bonchev–Trinajstić information content (AvgIpc) is 2.78. The molecule has 0 N–H and O–H groups in total. The van der Waals surface area contributed by atoms with Crippen LogP contribution in [-0.2, 0) is 23.3 Å². The van der Waals surface area contributed by atoms with Crippen molar-refractivity contribution in [3.8, 4) is 0 Å². The van der Waals surface area contributed by atoms with E-state index in [4.69, 9.17) is 0 Å². The topological polar surface area (TPSA) is 0 Å². The van der Waals surface area contributed by atoms with Gasteiger partial charge >= 0.3 is 30.2 Å². The Balaban J connectivity index is -0.000000192. The molecule has 0 aromatic rings. The molecule has 0 saturated carbocycles. The molecule has 96 valence electrons. The first-order chi connectivity index (χ1) is 7.21. The van der Waals surface area contributed by atoms with Gasteiger partial charge in [-0.15, -0.1) is 6.42 Å². The van der Waals surface area contributed by atoms with Gasteiger partial charge in [-0.25, -0.2) is 24.3 Å². The Morgan fingerprint density at radius 2 is 1.88 bits per heavy atom. The molecule has 0 amide bonds. The fourth-order valence-corrected chi connectivity index (χ4v) is 1.07. The van der Waals surface area contributed by atoms with Crippen LogP contribution in [0.3, 0.4) is 0 Å². The third-order valence-corrected chi connectivity index (χ3v) is 1.96. The normalized spacial score (nSPS) is 16.5. The number of hydrogen-bond donors (Lipinski definition) is 0. The van der Waals surface area contributed by atoms with Gasteiger partial charge in [-0.2, -0.15) is 12.2 Å². The summed E-state index contributed by atoms with van der Waals surface area (Å²) >= 11 is 1.58. The van der Waals surface area contributed by atoms with Crippen molar-refractivity contribution >= 4 is 6.88 Å².